The summed E-state index contributed by atoms with van der Waals surface area (Å²) >= 11 is 0. The van der Waals surface area contributed by atoms with E-state index in [1.54, 1.807) is 14.0 Å². The van der Waals surface area contributed by atoms with E-state index in [9.17, 15) is 4.79 Å². The van der Waals surface area contributed by atoms with E-state index < -0.39 is 0 Å². The normalized spacial score (nSPS) is 17.1. The summed E-state index contributed by atoms with van der Waals surface area (Å²) in [5, 5.41) is 6.63. The van der Waals surface area contributed by atoms with Gasteiger partial charge in [0.25, 0.3) is 6.01 Å². The standard InChI is InChI=1S/C19H23N5O4/c1-12-21-17(23-28-12)10-20-18(25)8-13-4-3-7-24(11-13)19-22-15-9-14(26-2)5-6-16(15)27-19/h5-6,9,13H,3-4,7-8,10-11H2,1-2H3,(H,20,25). The number of hydrogen-bond donors (Lipinski definition) is 1. The number of ether oxygens (including phenoxy) is 1. The SMILES string of the molecule is COc1ccc2oc(N3CCCC(CC(=O)NCc4noc(C)n4)C3)nc2c1. The van der Waals surface area contributed by atoms with Gasteiger partial charge in [0.1, 0.15) is 11.3 Å². The Morgan fingerprint density at radius 3 is 3.07 bits per heavy atom. The second-order valence-electron chi connectivity index (χ2n) is 6.99. The molecule has 0 bridgehead atoms. The van der Waals surface area contributed by atoms with Crippen molar-refractivity contribution in [3.05, 3.63) is 29.9 Å². The zero-order valence-electron chi connectivity index (χ0n) is 16.0. The number of oxazole rings is 1. The molecule has 148 valence electrons. The summed E-state index contributed by atoms with van der Waals surface area (Å²) in [5.74, 6) is 1.94. The van der Waals surface area contributed by atoms with Crippen LogP contribution in [0.15, 0.2) is 27.1 Å². The van der Waals surface area contributed by atoms with Gasteiger partial charge in [0.05, 0.1) is 13.7 Å². The first kappa shape index (κ1) is 18.3. The van der Waals surface area contributed by atoms with Gasteiger partial charge in [-0.2, -0.15) is 9.97 Å². The van der Waals surface area contributed by atoms with Crippen molar-refractivity contribution in [1.29, 1.82) is 0 Å². The highest BCUT2D eigenvalue weighted by molar-refractivity contribution is 5.77. The quantitative estimate of drug-likeness (QED) is 0.690. The molecule has 1 unspecified atom stereocenters. The molecule has 1 amide bonds. The lowest BCUT2D eigenvalue weighted by molar-refractivity contribution is -0.122. The van der Waals surface area contributed by atoms with Gasteiger partial charge in [0.15, 0.2) is 11.4 Å². The van der Waals surface area contributed by atoms with Crippen LogP contribution in [0.2, 0.25) is 0 Å². The van der Waals surface area contributed by atoms with E-state index in [0.717, 1.165) is 42.8 Å². The molecule has 4 rings (SSSR count). The molecule has 1 saturated heterocycles. The number of benzene rings is 1. The molecule has 3 heterocycles. The van der Waals surface area contributed by atoms with Gasteiger partial charge in [0.2, 0.25) is 11.8 Å². The van der Waals surface area contributed by atoms with E-state index >= 15 is 0 Å². The van der Waals surface area contributed by atoms with E-state index in [2.05, 4.69) is 25.3 Å². The summed E-state index contributed by atoms with van der Waals surface area (Å²) in [6, 6.07) is 6.16. The predicted molar refractivity (Wildman–Crippen MR) is 101 cm³/mol. The molecule has 1 atom stereocenters. The number of methoxy groups -OCH3 is 1. The molecule has 2 aromatic heterocycles. The summed E-state index contributed by atoms with van der Waals surface area (Å²) in [4.78, 5) is 23.1. The van der Waals surface area contributed by atoms with E-state index in [1.165, 1.54) is 0 Å². The third-order valence-corrected chi connectivity index (χ3v) is 4.86. The lowest BCUT2D eigenvalue weighted by Crippen LogP contribution is -2.38. The van der Waals surface area contributed by atoms with Gasteiger partial charge in [-0.25, -0.2) is 0 Å². The largest absolute Gasteiger partial charge is 0.497 e. The van der Waals surface area contributed by atoms with Crippen LogP contribution >= 0.6 is 0 Å². The number of nitrogens with zero attached hydrogens (tertiary/aromatic N) is 4. The van der Waals surface area contributed by atoms with Gasteiger partial charge in [-0.3, -0.25) is 4.79 Å². The number of nitrogens with one attached hydrogen (secondary N) is 1. The van der Waals surface area contributed by atoms with Crippen LogP contribution in [0.5, 0.6) is 5.75 Å². The minimum absolute atomic E-state index is 0.0170. The minimum Gasteiger partial charge on any atom is -0.497 e. The molecule has 0 radical (unpaired) electrons. The summed E-state index contributed by atoms with van der Waals surface area (Å²) in [6.07, 6.45) is 2.44. The van der Waals surface area contributed by atoms with Crippen LogP contribution in [0.4, 0.5) is 6.01 Å². The Labute approximate surface area is 162 Å². The number of aryl methyl sites for hydroxylation is 1. The first-order valence-electron chi connectivity index (χ1n) is 9.36. The molecule has 1 aromatic carbocycles. The number of piperidine rings is 1. The highest BCUT2D eigenvalue weighted by Crippen LogP contribution is 2.29. The fraction of sp³-hybridized carbons (Fsp3) is 0.474. The fourth-order valence-electron chi connectivity index (χ4n) is 3.49. The maximum atomic E-state index is 12.3. The van der Waals surface area contributed by atoms with Crippen LogP contribution in [0.3, 0.4) is 0 Å². The van der Waals surface area contributed by atoms with E-state index in [1.807, 2.05) is 18.2 Å². The molecule has 1 aliphatic heterocycles. The number of hydrogen-bond acceptors (Lipinski definition) is 8. The Bertz CT molecular complexity index is 966. The predicted octanol–water partition coefficient (Wildman–Crippen LogP) is 2.45. The molecule has 9 heteroatoms. The Balaban J connectivity index is 1.35. The van der Waals surface area contributed by atoms with Crippen molar-refractivity contribution in [2.75, 3.05) is 25.1 Å². The summed E-state index contributed by atoms with van der Waals surface area (Å²) < 4.78 is 16.0. The number of anilines is 1. The van der Waals surface area contributed by atoms with Crippen molar-refractivity contribution in [3.8, 4) is 5.75 Å². The van der Waals surface area contributed by atoms with Crippen LogP contribution in [0.25, 0.3) is 11.1 Å². The first-order chi connectivity index (χ1) is 13.6. The Morgan fingerprint density at radius 1 is 1.39 bits per heavy atom. The lowest BCUT2D eigenvalue weighted by atomic mass is 9.94. The van der Waals surface area contributed by atoms with Crippen molar-refractivity contribution >= 4 is 23.0 Å². The van der Waals surface area contributed by atoms with Crippen LogP contribution in [-0.4, -0.2) is 41.2 Å². The molecule has 9 nitrogen and oxygen atoms in total. The number of rotatable bonds is 6. The molecule has 1 fully saturated rings. The van der Waals surface area contributed by atoms with Gasteiger partial charge >= 0.3 is 0 Å². The monoisotopic (exact) mass is 385 g/mol. The minimum atomic E-state index is -0.0170. The van der Waals surface area contributed by atoms with Crippen LogP contribution < -0.4 is 15.0 Å². The van der Waals surface area contributed by atoms with Crippen LogP contribution in [0, 0.1) is 12.8 Å². The topological polar surface area (TPSA) is 107 Å². The Hall–Kier alpha value is -3.10. The summed E-state index contributed by atoms with van der Waals surface area (Å²) in [5.41, 5.74) is 1.50. The molecule has 1 aliphatic rings. The third kappa shape index (κ3) is 4.08. The number of amides is 1. The van der Waals surface area contributed by atoms with Gasteiger partial charge < -0.3 is 23.9 Å². The maximum Gasteiger partial charge on any atom is 0.298 e. The van der Waals surface area contributed by atoms with Crippen LogP contribution in [-0.2, 0) is 11.3 Å². The number of carbonyl (C=O) groups excluding carboxylic acids is 1. The lowest BCUT2D eigenvalue weighted by Gasteiger charge is -2.31. The zero-order valence-corrected chi connectivity index (χ0v) is 16.0. The van der Waals surface area contributed by atoms with Crippen molar-refractivity contribution in [2.24, 2.45) is 5.92 Å². The second kappa shape index (κ2) is 7.87. The summed E-state index contributed by atoms with van der Waals surface area (Å²) in [7, 11) is 1.63. The Morgan fingerprint density at radius 2 is 2.29 bits per heavy atom. The second-order valence-corrected chi connectivity index (χ2v) is 6.99. The van der Waals surface area contributed by atoms with Crippen molar-refractivity contribution in [2.45, 2.75) is 32.7 Å². The van der Waals surface area contributed by atoms with Crippen molar-refractivity contribution in [3.63, 3.8) is 0 Å². The molecule has 0 saturated carbocycles. The number of fused-ring (bicyclic) bond motifs is 1. The zero-order chi connectivity index (χ0) is 19.5. The molecule has 0 aliphatic carbocycles. The average Bonchev–Trinajstić information content (AvgIpc) is 3.32. The van der Waals surface area contributed by atoms with E-state index in [-0.39, 0.29) is 18.4 Å². The fourth-order valence-corrected chi connectivity index (χ4v) is 3.49. The van der Waals surface area contributed by atoms with E-state index in [0.29, 0.717) is 24.2 Å². The van der Waals surface area contributed by atoms with Gasteiger partial charge in [-0.1, -0.05) is 5.16 Å². The van der Waals surface area contributed by atoms with Gasteiger partial charge in [-0.05, 0) is 30.9 Å². The molecule has 3 aromatic rings. The van der Waals surface area contributed by atoms with Crippen molar-refractivity contribution in [1.82, 2.24) is 20.4 Å². The smallest absolute Gasteiger partial charge is 0.298 e. The van der Waals surface area contributed by atoms with Crippen molar-refractivity contribution < 1.29 is 18.5 Å². The molecular formula is C19H23N5O4. The highest BCUT2D eigenvalue weighted by atomic mass is 16.5. The maximum absolute atomic E-state index is 12.3. The molecule has 0 spiro atoms. The summed E-state index contributed by atoms with van der Waals surface area (Å²) in [6.45, 7) is 3.60. The third-order valence-electron chi connectivity index (χ3n) is 4.86. The Kier molecular flexibility index (Phi) is 5.14. The molecular weight excluding hydrogens is 362 g/mol. The average molecular weight is 385 g/mol. The molecule has 28 heavy (non-hydrogen) atoms. The van der Waals surface area contributed by atoms with E-state index in [4.69, 9.17) is 13.7 Å². The van der Waals surface area contributed by atoms with Crippen LogP contribution in [0.1, 0.15) is 31.0 Å². The molecule has 1 N–H and O–H groups in total. The van der Waals surface area contributed by atoms with Gasteiger partial charge in [0, 0.05) is 32.5 Å². The number of carbonyl (C=O) groups is 1. The first-order valence-corrected chi connectivity index (χ1v) is 9.36. The highest BCUT2D eigenvalue weighted by Gasteiger charge is 2.25. The van der Waals surface area contributed by atoms with Gasteiger partial charge in [-0.15, -0.1) is 0 Å². The number of aromatic nitrogens is 3.